The number of halogens is 14. The topological polar surface area (TPSA) is 90.4 Å². The maximum atomic E-state index is 14.1. The van der Waals surface area contributed by atoms with Crippen molar-refractivity contribution in [1.29, 1.82) is 0 Å². The quantitative estimate of drug-likeness (QED) is 0.0772. The molecule has 0 saturated carbocycles. The van der Waals surface area contributed by atoms with Gasteiger partial charge in [0.1, 0.15) is 19.0 Å². The summed E-state index contributed by atoms with van der Waals surface area (Å²) < 4.78 is 209. The first kappa shape index (κ1) is 43.9. The summed E-state index contributed by atoms with van der Waals surface area (Å²) in [6.45, 7) is -0.834. The van der Waals surface area contributed by atoms with Crippen molar-refractivity contribution in [3.8, 4) is 22.9 Å². The van der Waals surface area contributed by atoms with E-state index in [1.165, 1.54) is 36.7 Å². The summed E-state index contributed by atoms with van der Waals surface area (Å²) in [6, 6.07) is 5.65. The highest BCUT2D eigenvalue weighted by Crippen LogP contribution is 2.48. The molecule has 0 spiro atoms. The van der Waals surface area contributed by atoms with Gasteiger partial charge in [0.15, 0.2) is 17.7 Å². The van der Waals surface area contributed by atoms with Crippen molar-refractivity contribution in [3.63, 3.8) is 0 Å². The molecule has 1 aromatic heterocycles. The molecule has 1 aromatic carbocycles. The molecular formula is C28H30F14N2O7. The van der Waals surface area contributed by atoms with Gasteiger partial charge in [-0.25, -0.2) is 28.6 Å². The highest BCUT2D eigenvalue weighted by atomic mass is 19.4. The Morgan fingerprint density at radius 2 is 1.12 bits per heavy atom. The van der Waals surface area contributed by atoms with Crippen molar-refractivity contribution >= 4 is 0 Å². The predicted octanol–water partition coefficient (Wildman–Crippen LogP) is 8.39. The Balaban J connectivity index is 1.78. The van der Waals surface area contributed by atoms with Gasteiger partial charge >= 0.3 is 36.9 Å². The number of ether oxygens (including phenoxy) is 7. The smallest absolute Gasteiger partial charge is 0.490 e. The van der Waals surface area contributed by atoms with E-state index in [9.17, 15) is 61.5 Å². The van der Waals surface area contributed by atoms with Gasteiger partial charge in [-0.1, -0.05) is 13.3 Å². The summed E-state index contributed by atoms with van der Waals surface area (Å²) in [5.74, 6) is 0.756. The first-order chi connectivity index (χ1) is 23.5. The summed E-state index contributed by atoms with van der Waals surface area (Å²) in [4.78, 5) is 8.35. The monoisotopic (exact) mass is 772 g/mol. The molecule has 0 N–H and O–H groups in total. The average Bonchev–Trinajstić information content (AvgIpc) is 2.99. The van der Waals surface area contributed by atoms with E-state index in [0.29, 0.717) is 31.1 Å². The zero-order valence-electron chi connectivity index (χ0n) is 26.2. The molecule has 292 valence electrons. The van der Waals surface area contributed by atoms with Crippen LogP contribution < -0.4 is 9.47 Å². The Labute approximate surface area is 280 Å². The lowest BCUT2D eigenvalue weighted by molar-refractivity contribution is -0.564. The summed E-state index contributed by atoms with van der Waals surface area (Å²) in [6.07, 6.45) is -36.1. The molecule has 2 aromatic rings. The van der Waals surface area contributed by atoms with Gasteiger partial charge in [-0.2, -0.15) is 43.9 Å². The fourth-order valence-corrected chi connectivity index (χ4v) is 3.39. The number of benzene rings is 1. The molecule has 9 nitrogen and oxygen atoms in total. The van der Waals surface area contributed by atoms with Crippen LogP contribution in [-0.4, -0.2) is 92.7 Å². The van der Waals surface area contributed by atoms with E-state index in [-0.39, 0.29) is 11.6 Å². The third-order valence-electron chi connectivity index (χ3n) is 5.79. The van der Waals surface area contributed by atoms with Gasteiger partial charge in [0, 0.05) is 18.8 Å². The van der Waals surface area contributed by atoms with Crippen LogP contribution in [0.25, 0.3) is 11.4 Å². The Morgan fingerprint density at radius 3 is 1.69 bits per heavy atom. The Bertz CT molecular complexity index is 1300. The summed E-state index contributed by atoms with van der Waals surface area (Å²) >= 11 is 0. The van der Waals surface area contributed by atoms with Crippen molar-refractivity contribution in [2.24, 2.45) is 0 Å². The molecule has 0 radical (unpaired) electrons. The van der Waals surface area contributed by atoms with E-state index in [4.69, 9.17) is 14.2 Å². The van der Waals surface area contributed by atoms with Crippen LogP contribution in [0.15, 0.2) is 36.7 Å². The lowest BCUT2D eigenvalue weighted by atomic mass is 10.2. The average molecular weight is 773 g/mol. The molecule has 0 aliphatic rings. The van der Waals surface area contributed by atoms with Crippen molar-refractivity contribution in [2.45, 2.75) is 75.7 Å². The Hall–Kier alpha value is -3.28. The highest BCUT2D eigenvalue weighted by Gasteiger charge is 2.74. The molecule has 0 aliphatic heterocycles. The first-order valence-corrected chi connectivity index (χ1v) is 14.5. The molecule has 0 fully saturated rings. The highest BCUT2D eigenvalue weighted by molar-refractivity contribution is 5.56. The molecule has 1 atom stereocenters. The molecule has 0 amide bonds. The lowest BCUT2D eigenvalue weighted by Gasteiger charge is -2.33. The van der Waals surface area contributed by atoms with Crippen LogP contribution in [0.3, 0.4) is 0 Å². The summed E-state index contributed by atoms with van der Waals surface area (Å²) in [7, 11) is 0. The van der Waals surface area contributed by atoms with Gasteiger partial charge < -0.3 is 18.9 Å². The minimum absolute atomic E-state index is 0.0403. The maximum absolute atomic E-state index is 14.1. The fraction of sp³-hybridized carbons (Fsp3) is 0.643. The number of nitrogens with zero attached hydrogens (tertiary/aromatic N) is 2. The second-order valence-electron chi connectivity index (χ2n) is 10.2. The molecule has 23 heteroatoms. The zero-order valence-corrected chi connectivity index (χ0v) is 26.2. The SMILES string of the molecule is CCCCOCCCCOc1cnc(-c2ccc(OC[C@@H](F)COCC(F)(F)OC(F)(F)C(F)(F)OC(F)(F)C(F)(F)OC(F)(F)F)cc2)nc1. The number of hydrogen-bond acceptors (Lipinski definition) is 9. The molecule has 0 bridgehead atoms. The molecule has 0 saturated heterocycles. The molecule has 2 rings (SSSR count). The standard InChI is InChI=1S/C28H30F14N2O7/c1-2-3-10-45-11-4-5-12-47-21-13-43-22(44-14-21)18-6-8-20(9-7-18)48-16-19(29)15-46-17-23(30,31)49-24(32,33)25(34,35)50-26(36,37)27(38,39)51-28(40,41)42/h6-9,13-14,19H,2-5,10-12,15-17H2,1H3/t19-/m0/s1. The number of rotatable bonds is 24. The van der Waals surface area contributed by atoms with Crippen LogP contribution in [0.5, 0.6) is 11.5 Å². The number of aromatic nitrogens is 2. The van der Waals surface area contributed by atoms with Crippen LogP contribution >= 0.6 is 0 Å². The predicted molar refractivity (Wildman–Crippen MR) is 143 cm³/mol. The van der Waals surface area contributed by atoms with Crippen molar-refractivity contribution < 1.29 is 94.6 Å². The molecule has 0 unspecified atom stereocenters. The van der Waals surface area contributed by atoms with E-state index >= 15 is 0 Å². The number of hydrogen-bond donors (Lipinski definition) is 0. The minimum Gasteiger partial charge on any atom is -0.490 e. The second-order valence-corrected chi connectivity index (χ2v) is 10.2. The fourth-order valence-electron chi connectivity index (χ4n) is 3.39. The van der Waals surface area contributed by atoms with Crippen molar-refractivity contribution in [3.05, 3.63) is 36.7 Å². The third kappa shape index (κ3) is 15.1. The van der Waals surface area contributed by atoms with Crippen LogP contribution in [-0.2, 0) is 23.7 Å². The van der Waals surface area contributed by atoms with Gasteiger partial charge in [-0.05, 0) is 43.5 Å². The number of unbranched alkanes of at least 4 members (excludes halogenated alkanes) is 2. The summed E-state index contributed by atoms with van der Waals surface area (Å²) in [5, 5.41) is 0. The van der Waals surface area contributed by atoms with E-state index < -0.39 is 62.9 Å². The largest absolute Gasteiger partial charge is 0.527 e. The van der Waals surface area contributed by atoms with E-state index in [1.54, 1.807) is 9.47 Å². The van der Waals surface area contributed by atoms with E-state index in [0.717, 1.165) is 25.7 Å². The second kappa shape index (κ2) is 18.5. The minimum atomic E-state index is -7.16. The molecule has 1 heterocycles. The Kier molecular flexibility index (Phi) is 15.9. The third-order valence-corrected chi connectivity index (χ3v) is 5.79. The van der Waals surface area contributed by atoms with Crippen LogP contribution in [0.2, 0.25) is 0 Å². The van der Waals surface area contributed by atoms with Gasteiger partial charge in [0.05, 0.1) is 25.6 Å². The first-order valence-electron chi connectivity index (χ1n) is 14.5. The van der Waals surface area contributed by atoms with Gasteiger partial charge in [0.25, 0.3) is 0 Å². The number of alkyl halides is 14. The van der Waals surface area contributed by atoms with Crippen LogP contribution in [0.1, 0.15) is 32.6 Å². The molecule has 51 heavy (non-hydrogen) atoms. The lowest BCUT2D eigenvalue weighted by Crippen LogP contribution is -2.57. The van der Waals surface area contributed by atoms with Crippen LogP contribution in [0.4, 0.5) is 61.5 Å². The summed E-state index contributed by atoms with van der Waals surface area (Å²) in [5.41, 5.74) is 0.500. The zero-order chi connectivity index (χ0) is 38.6. The van der Waals surface area contributed by atoms with E-state index in [2.05, 4.69) is 26.4 Å². The van der Waals surface area contributed by atoms with Gasteiger partial charge in [-0.3, -0.25) is 0 Å². The molecular weight excluding hydrogens is 742 g/mol. The van der Waals surface area contributed by atoms with Gasteiger partial charge in [-0.15, -0.1) is 13.2 Å². The molecule has 0 aliphatic carbocycles. The Morgan fingerprint density at radius 1 is 0.588 bits per heavy atom. The van der Waals surface area contributed by atoms with E-state index in [1.807, 2.05) is 0 Å². The van der Waals surface area contributed by atoms with Crippen molar-refractivity contribution in [1.82, 2.24) is 9.97 Å². The van der Waals surface area contributed by atoms with Crippen LogP contribution in [0, 0.1) is 0 Å². The van der Waals surface area contributed by atoms with Crippen molar-refractivity contribution in [2.75, 3.05) is 39.6 Å². The normalized spacial score (nSPS) is 14.1. The van der Waals surface area contributed by atoms with Gasteiger partial charge in [0.2, 0.25) is 0 Å². The maximum Gasteiger partial charge on any atom is 0.527 e.